The number of benzene rings is 2. The van der Waals surface area contributed by atoms with Crippen LogP contribution in [0.15, 0.2) is 60.7 Å². The number of aliphatic hydroxyl groups is 1. The number of hydrogen-bond acceptors (Lipinski definition) is 3. The number of aryl methyl sites for hydroxylation is 1. The third-order valence-corrected chi connectivity index (χ3v) is 3.64. The molecule has 1 unspecified atom stereocenters. The van der Waals surface area contributed by atoms with Crippen LogP contribution in [0, 0.1) is 0 Å². The molecule has 0 spiro atoms. The zero-order valence-electron chi connectivity index (χ0n) is 13.2. The van der Waals surface area contributed by atoms with Crippen LogP contribution in [0.5, 0.6) is 0 Å². The molecule has 1 amide bonds. The van der Waals surface area contributed by atoms with Crippen LogP contribution in [0.4, 0.5) is 4.79 Å². The highest BCUT2D eigenvalue weighted by Crippen LogP contribution is 2.08. The van der Waals surface area contributed by atoms with Crippen LogP contribution in [0.3, 0.4) is 0 Å². The third kappa shape index (κ3) is 6.53. The Hall–Kier alpha value is -2.33. The van der Waals surface area contributed by atoms with Gasteiger partial charge in [-0.15, -0.1) is 0 Å². The molecule has 2 aromatic rings. The molecule has 4 heteroatoms. The van der Waals surface area contributed by atoms with E-state index in [2.05, 4.69) is 17.4 Å². The first-order valence-corrected chi connectivity index (χ1v) is 7.90. The number of hydrogen-bond donors (Lipinski definition) is 2. The molecule has 0 radical (unpaired) electrons. The number of aliphatic hydroxyl groups excluding tert-OH is 1. The van der Waals surface area contributed by atoms with Crippen LogP contribution in [-0.2, 0) is 17.8 Å². The summed E-state index contributed by atoms with van der Waals surface area (Å²) in [5.74, 6) is 0. The van der Waals surface area contributed by atoms with Crippen molar-refractivity contribution >= 4 is 6.09 Å². The minimum absolute atomic E-state index is 0.0401. The molecule has 2 rings (SSSR count). The molecule has 2 aromatic carbocycles. The third-order valence-electron chi connectivity index (χ3n) is 3.64. The summed E-state index contributed by atoms with van der Waals surface area (Å²) in [6.45, 7) is 0.287. The summed E-state index contributed by atoms with van der Waals surface area (Å²) >= 11 is 0. The first-order chi connectivity index (χ1) is 11.3. The van der Waals surface area contributed by atoms with Gasteiger partial charge >= 0.3 is 6.09 Å². The molecule has 0 aliphatic carbocycles. The molecular formula is C19H23NO3. The van der Waals surface area contributed by atoms with E-state index in [-0.39, 0.29) is 19.3 Å². The maximum atomic E-state index is 11.9. The van der Waals surface area contributed by atoms with E-state index in [0.717, 1.165) is 18.4 Å². The normalized spacial score (nSPS) is 11.7. The van der Waals surface area contributed by atoms with E-state index in [1.165, 1.54) is 5.56 Å². The highest BCUT2D eigenvalue weighted by molar-refractivity contribution is 5.67. The molecule has 0 saturated heterocycles. The number of alkyl carbamates (subject to hydrolysis) is 1. The summed E-state index contributed by atoms with van der Waals surface area (Å²) in [6.07, 6.45) is 1.70. The van der Waals surface area contributed by atoms with Crippen LogP contribution in [0.25, 0.3) is 0 Å². The zero-order valence-corrected chi connectivity index (χ0v) is 13.2. The van der Waals surface area contributed by atoms with Gasteiger partial charge in [0.05, 0.1) is 0 Å². The zero-order chi connectivity index (χ0) is 16.3. The summed E-state index contributed by atoms with van der Waals surface area (Å²) in [6, 6.07) is 19.6. The van der Waals surface area contributed by atoms with Gasteiger partial charge in [-0.25, -0.2) is 4.79 Å². The molecule has 0 bridgehead atoms. The minimum atomic E-state index is -0.444. The highest BCUT2D eigenvalue weighted by atomic mass is 16.5. The Morgan fingerprint density at radius 3 is 2.17 bits per heavy atom. The number of ether oxygens (including phenoxy) is 1. The van der Waals surface area contributed by atoms with Crippen molar-refractivity contribution in [1.82, 2.24) is 5.32 Å². The second kappa shape index (κ2) is 9.64. The topological polar surface area (TPSA) is 58.6 Å². The van der Waals surface area contributed by atoms with E-state index in [0.29, 0.717) is 6.42 Å². The van der Waals surface area contributed by atoms with Gasteiger partial charge in [0.2, 0.25) is 0 Å². The molecule has 0 saturated carbocycles. The fourth-order valence-corrected chi connectivity index (χ4v) is 2.36. The van der Waals surface area contributed by atoms with Crippen LogP contribution >= 0.6 is 0 Å². The predicted molar refractivity (Wildman–Crippen MR) is 90.0 cm³/mol. The minimum Gasteiger partial charge on any atom is -0.445 e. The molecule has 0 aliphatic rings. The van der Waals surface area contributed by atoms with Crippen molar-refractivity contribution in [3.63, 3.8) is 0 Å². The average Bonchev–Trinajstić information content (AvgIpc) is 2.60. The largest absolute Gasteiger partial charge is 0.445 e. The standard InChI is InChI=1S/C19H23NO3/c21-14-13-18(12-11-16-7-3-1-4-8-16)20-19(22)23-15-17-9-5-2-6-10-17/h1-10,18,21H,11-15H2,(H,20,22). The number of carbonyl (C=O) groups excluding carboxylic acids is 1. The Morgan fingerprint density at radius 2 is 1.57 bits per heavy atom. The summed E-state index contributed by atoms with van der Waals surface area (Å²) in [5.41, 5.74) is 2.17. The Bertz CT molecular complexity index is 572. The lowest BCUT2D eigenvalue weighted by atomic mass is 10.0. The highest BCUT2D eigenvalue weighted by Gasteiger charge is 2.13. The Kier molecular flexibility index (Phi) is 7.14. The van der Waals surface area contributed by atoms with E-state index in [9.17, 15) is 4.79 Å². The summed E-state index contributed by atoms with van der Waals surface area (Å²) in [5, 5.41) is 12.0. The molecule has 2 N–H and O–H groups in total. The summed E-state index contributed by atoms with van der Waals surface area (Å²) < 4.78 is 5.23. The molecule has 1 atom stereocenters. The van der Waals surface area contributed by atoms with Crippen molar-refractivity contribution < 1.29 is 14.6 Å². The summed E-state index contributed by atoms with van der Waals surface area (Å²) in [7, 11) is 0. The van der Waals surface area contributed by atoms with Crippen LogP contribution in [0.1, 0.15) is 24.0 Å². The Labute approximate surface area is 137 Å². The lowest BCUT2D eigenvalue weighted by Crippen LogP contribution is -2.36. The van der Waals surface area contributed by atoms with E-state index in [1.807, 2.05) is 48.5 Å². The number of nitrogens with one attached hydrogen (secondary N) is 1. The first-order valence-electron chi connectivity index (χ1n) is 7.90. The number of rotatable bonds is 8. The quantitative estimate of drug-likeness (QED) is 0.786. The van der Waals surface area contributed by atoms with Gasteiger partial charge in [-0.1, -0.05) is 60.7 Å². The first kappa shape index (κ1) is 17.0. The lowest BCUT2D eigenvalue weighted by molar-refractivity contribution is 0.132. The van der Waals surface area contributed by atoms with Crippen LogP contribution in [0.2, 0.25) is 0 Å². The molecule has 0 aliphatic heterocycles. The van der Waals surface area contributed by atoms with Gasteiger partial charge in [0, 0.05) is 12.6 Å². The van der Waals surface area contributed by atoms with E-state index in [1.54, 1.807) is 0 Å². The maximum absolute atomic E-state index is 11.9. The molecule has 0 fully saturated rings. The van der Waals surface area contributed by atoms with Crippen LogP contribution in [-0.4, -0.2) is 23.8 Å². The smallest absolute Gasteiger partial charge is 0.407 e. The fraction of sp³-hybridized carbons (Fsp3) is 0.316. The molecular weight excluding hydrogens is 290 g/mol. The van der Waals surface area contributed by atoms with Gasteiger partial charge in [0.25, 0.3) is 0 Å². The van der Waals surface area contributed by atoms with Crippen molar-refractivity contribution in [2.45, 2.75) is 31.9 Å². The lowest BCUT2D eigenvalue weighted by Gasteiger charge is -2.17. The molecule has 4 nitrogen and oxygen atoms in total. The average molecular weight is 313 g/mol. The maximum Gasteiger partial charge on any atom is 0.407 e. The van der Waals surface area contributed by atoms with Gasteiger partial charge in [-0.05, 0) is 30.4 Å². The SMILES string of the molecule is O=C(NC(CCO)CCc1ccccc1)OCc1ccccc1. The molecule has 0 heterocycles. The van der Waals surface area contributed by atoms with E-state index < -0.39 is 6.09 Å². The number of amides is 1. The van der Waals surface area contributed by atoms with Gasteiger partial charge < -0.3 is 15.2 Å². The molecule has 23 heavy (non-hydrogen) atoms. The van der Waals surface area contributed by atoms with Crippen molar-refractivity contribution in [2.75, 3.05) is 6.61 Å². The van der Waals surface area contributed by atoms with E-state index in [4.69, 9.17) is 9.84 Å². The Balaban J connectivity index is 1.77. The van der Waals surface area contributed by atoms with Crippen molar-refractivity contribution in [3.05, 3.63) is 71.8 Å². The number of carbonyl (C=O) groups is 1. The predicted octanol–water partition coefficient (Wildman–Crippen LogP) is 3.30. The Morgan fingerprint density at radius 1 is 0.957 bits per heavy atom. The second-order valence-electron chi connectivity index (χ2n) is 5.44. The molecule has 0 aromatic heterocycles. The summed E-state index contributed by atoms with van der Waals surface area (Å²) in [4.78, 5) is 11.9. The van der Waals surface area contributed by atoms with Crippen molar-refractivity contribution in [2.24, 2.45) is 0 Å². The van der Waals surface area contributed by atoms with Gasteiger partial charge in [0.1, 0.15) is 6.61 Å². The van der Waals surface area contributed by atoms with Gasteiger partial charge in [0.15, 0.2) is 0 Å². The van der Waals surface area contributed by atoms with Gasteiger partial charge in [-0.3, -0.25) is 0 Å². The molecule has 122 valence electrons. The monoisotopic (exact) mass is 313 g/mol. The van der Waals surface area contributed by atoms with E-state index >= 15 is 0 Å². The van der Waals surface area contributed by atoms with Gasteiger partial charge in [-0.2, -0.15) is 0 Å². The second-order valence-corrected chi connectivity index (χ2v) is 5.44. The van der Waals surface area contributed by atoms with Crippen molar-refractivity contribution in [3.8, 4) is 0 Å². The van der Waals surface area contributed by atoms with Crippen LogP contribution < -0.4 is 5.32 Å². The fourth-order valence-electron chi connectivity index (χ4n) is 2.36. The van der Waals surface area contributed by atoms with Crippen molar-refractivity contribution in [1.29, 1.82) is 0 Å².